The Labute approximate surface area is 148 Å². The van der Waals surface area contributed by atoms with Gasteiger partial charge in [-0.1, -0.05) is 48.2 Å². The molecule has 0 aliphatic rings. The van der Waals surface area contributed by atoms with Crippen molar-refractivity contribution in [2.24, 2.45) is 0 Å². The maximum Gasteiger partial charge on any atom is 0.277 e. The van der Waals surface area contributed by atoms with Crippen LogP contribution in [0.15, 0.2) is 69.0 Å². The molecule has 0 unspecified atom stereocenters. The molecule has 0 aliphatic carbocycles. The number of aryl methyl sites for hydroxylation is 1. The molecule has 0 bridgehead atoms. The van der Waals surface area contributed by atoms with Crippen molar-refractivity contribution < 1.29 is 4.42 Å². The highest BCUT2D eigenvalue weighted by Gasteiger charge is 2.12. The summed E-state index contributed by atoms with van der Waals surface area (Å²) in [5.41, 5.74) is 3.68. The van der Waals surface area contributed by atoms with E-state index in [-0.39, 0.29) is 5.56 Å². The summed E-state index contributed by atoms with van der Waals surface area (Å²) in [5, 5.41) is 9.76. The van der Waals surface area contributed by atoms with Crippen molar-refractivity contribution in [2.75, 3.05) is 0 Å². The normalized spacial score (nSPS) is 11.1. The average molecular weight is 349 g/mol. The van der Waals surface area contributed by atoms with Gasteiger partial charge < -0.3 is 9.40 Å². The molecule has 4 aromatic rings. The summed E-state index contributed by atoms with van der Waals surface area (Å²) >= 11 is 1.43. The zero-order valence-corrected chi connectivity index (χ0v) is 14.3. The van der Waals surface area contributed by atoms with Crippen LogP contribution in [0.4, 0.5) is 0 Å². The number of aromatic nitrogens is 3. The molecule has 0 fully saturated rings. The molecule has 4 rings (SSSR count). The molecule has 0 amide bonds. The first-order valence-electron chi connectivity index (χ1n) is 7.84. The molecule has 6 heteroatoms. The highest BCUT2D eigenvalue weighted by molar-refractivity contribution is 7.98. The fourth-order valence-corrected chi connectivity index (χ4v) is 3.48. The zero-order chi connectivity index (χ0) is 17.2. The van der Waals surface area contributed by atoms with Gasteiger partial charge in [-0.15, -0.1) is 10.2 Å². The van der Waals surface area contributed by atoms with Crippen LogP contribution in [0.5, 0.6) is 0 Å². The number of pyridine rings is 1. The maximum atomic E-state index is 11.8. The lowest BCUT2D eigenvalue weighted by molar-refractivity contribution is 0.465. The van der Waals surface area contributed by atoms with Crippen molar-refractivity contribution in [3.8, 4) is 11.5 Å². The molecular formula is C19H15N3O2S. The Morgan fingerprint density at radius 2 is 1.88 bits per heavy atom. The van der Waals surface area contributed by atoms with E-state index >= 15 is 0 Å². The lowest BCUT2D eigenvalue weighted by Gasteiger charge is -2.04. The third-order valence-corrected chi connectivity index (χ3v) is 4.84. The Hall–Kier alpha value is -2.86. The number of fused-ring (bicyclic) bond motifs is 1. The number of thioether (sulfide) groups is 1. The fraction of sp³-hybridized carbons (Fsp3) is 0.105. The quantitative estimate of drug-likeness (QED) is 0.560. The van der Waals surface area contributed by atoms with Gasteiger partial charge in [-0.3, -0.25) is 4.79 Å². The smallest absolute Gasteiger partial charge is 0.277 e. The Balaban J connectivity index is 1.59. The number of rotatable bonds is 4. The number of hydrogen-bond acceptors (Lipinski definition) is 5. The average Bonchev–Trinajstić information content (AvgIpc) is 3.08. The highest BCUT2D eigenvalue weighted by Crippen LogP contribution is 2.28. The van der Waals surface area contributed by atoms with Gasteiger partial charge in [0, 0.05) is 28.3 Å². The summed E-state index contributed by atoms with van der Waals surface area (Å²) < 4.78 is 5.77. The monoisotopic (exact) mass is 349 g/mol. The molecule has 2 heterocycles. The molecule has 5 nitrogen and oxygen atoms in total. The second-order valence-electron chi connectivity index (χ2n) is 5.68. The summed E-state index contributed by atoms with van der Waals surface area (Å²) in [5.74, 6) is 1.09. The van der Waals surface area contributed by atoms with Gasteiger partial charge in [-0.2, -0.15) is 0 Å². The second-order valence-corrected chi connectivity index (χ2v) is 6.61. The summed E-state index contributed by atoms with van der Waals surface area (Å²) in [7, 11) is 0. The summed E-state index contributed by atoms with van der Waals surface area (Å²) in [6, 6.07) is 17.3. The van der Waals surface area contributed by atoms with Crippen LogP contribution in [0.2, 0.25) is 0 Å². The maximum absolute atomic E-state index is 11.8. The van der Waals surface area contributed by atoms with Crippen LogP contribution in [-0.2, 0) is 5.75 Å². The van der Waals surface area contributed by atoms with Gasteiger partial charge in [0.1, 0.15) is 0 Å². The lowest BCUT2D eigenvalue weighted by Crippen LogP contribution is -2.05. The standard InChI is InChI=1S/C19H15N3O2S/c1-12-6-2-3-7-14(12)18-21-22-19(24-18)25-11-13-10-17(23)20-16-9-5-4-8-15(13)16/h2-10H,11H2,1H3,(H,20,23). The molecule has 124 valence electrons. The first-order valence-corrected chi connectivity index (χ1v) is 8.82. The number of nitrogens with zero attached hydrogens (tertiary/aromatic N) is 2. The molecular weight excluding hydrogens is 334 g/mol. The summed E-state index contributed by atoms with van der Waals surface area (Å²) in [6.07, 6.45) is 0. The first-order chi connectivity index (χ1) is 12.2. The first kappa shape index (κ1) is 15.7. The van der Waals surface area contributed by atoms with Crippen molar-refractivity contribution in [1.82, 2.24) is 15.2 Å². The number of nitrogens with one attached hydrogen (secondary N) is 1. The van der Waals surface area contributed by atoms with E-state index in [1.807, 2.05) is 55.5 Å². The minimum absolute atomic E-state index is 0.111. The van der Waals surface area contributed by atoms with E-state index in [1.54, 1.807) is 6.07 Å². The predicted molar refractivity (Wildman–Crippen MR) is 98.6 cm³/mol. The number of aromatic amines is 1. The van der Waals surface area contributed by atoms with Crippen LogP contribution in [0.1, 0.15) is 11.1 Å². The van der Waals surface area contributed by atoms with E-state index in [0.717, 1.165) is 27.6 Å². The van der Waals surface area contributed by atoms with Gasteiger partial charge >= 0.3 is 0 Å². The van der Waals surface area contributed by atoms with Crippen LogP contribution in [-0.4, -0.2) is 15.2 Å². The van der Waals surface area contributed by atoms with Gasteiger partial charge in [0.15, 0.2) is 0 Å². The molecule has 0 saturated heterocycles. The Morgan fingerprint density at radius 3 is 2.76 bits per heavy atom. The van der Waals surface area contributed by atoms with Gasteiger partial charge in [0.05, 0.1) is 0 Å². The van der Waals surface area contributed by atoms with E-state index in [0.29, 0.717) is 16.9 Å². The van der Waals surface area contributed by atoms with Crippen molar-refractivity contribution >= 4 is 22.7 Å². The van der Waals surface area contributed by atoms with Crippen molar-refractivity contribution in [3.05, 3.63) is 76.1 Å². The third kappa shape index (κ3) is 3.21. The van der Waals surface area contributed by atoms with Gasteiger partial charge in [-0.05, 0) is 30.2 Å². The SMILES string of the molecule is Cc1ccccc1-c1nnc(SCc2cc(=O)[nH]c3ccccc23)o1. The van der Waals surface area contributed by atoms with Crippen LogP contribution in [0.25, 0.3) is 22.4 Å². The second kappa shape index (κ2) is 6.57. The van der Waals surface area contributed by atoms with Crippen LogP contribution >= 0.6 is 11.8 Å². The Morgan fingerprint density at radius 1 is 1.08 bits per heavy atom. The molecule has 1 N–H and O–H groups in total. The highest BCUT2D eigenvalue weighted by atomic mass is 32.2. The molecule has 25 heavy (non-hydrogen) atoms. The molecule has 0 saturated carbocycles. The van der Waals surface area contributed by atoms with E-state index in [9.17, 15) is 4.79 Å². The van der Waals surface area contributed by atoms with E-state index in [1.165, 1.54) is 11.8 Å². The predicted octanol–water partition coefficient (Wildman–Crippen LogP) is 4.18. The van der Waals surface area contributed by atoms with Gasteiger partial charge in [0.25, 0.3) is 5.22 Å². The minimum atomic E-state index is -0.111. The molecule has 0 spiro atoms. The van der Waals surface area contributed by atoms with Crippen LogP contribution in [0.3, 0.4) is 0 Å². The molecule has 0 radical (unpaired) electrons. The molecule has 0 atom stereocenters. The Bertz CT molecular complexity index is 1100. The number of hydrogen-bond donors (Lipinski definition) is 1. The van der Waals surface area contributed by atoms with Gasteiger partial charge in [0.2, 0.25) is 11.4 Å². The summed E-state index contributed by atoms with van der Waals surface area (Å²) in [6.45, 7) is 2.01. The zero-order valence-electron chi connectivity index (χ0n) is 13.5. The third-order valence-electron chi connectivity index (χ3n) is 3.97. The number of para-hydroxylation sites is 1. The van der Waals surface area contributed by atoms with Gasteiger partial charge in [-0.25, -0.2) is 0 Å². The van der Waals surface area contributed by atoms with Crippen LogP contribution < -0.4 is 5.56 Å². The number of H-pyrrole nitrogens is 1. The molecule has 2 aromatic heterocycles. The van der Waals surface area contributed by atoms with E-state index in [4.69, 9.17) is 4.42 Å². The Kier molecular flexibility index (Phi) is 4.11. The largest absolute Gasteiger partial charge is 0.411 e. The van der Waals surface area contributed by atoms with E-state index in [2.05, 4.69) is 15.2 Å². The fourth-order valence-electron chi connectivity index (χ4n) is 2.73. The topological polar surface area (TPSA) is 71.8 Å². The molecule has 0 aliphatic heterocycles. The van der Waals surface area contributed by atoms with Crippen molar-refractivity contribution in [1.29, 1.82) is 0 Å². The van der Waals surface area contributed by atoms with E-state index < -0.39 is 0 Å². The summed E-state index contributed by atoms with van der Waals surface area (Å²) in [4.78, 5) is 14.7. The molecule has 2 aromatic carbocycles. The van der Waals surface area contributed by atoms with Crippen molar-refractivity contribution in [3.63, 3.8) is 0 Å². The lowest BCUT2D eigenvalue weighted by atomic mass is 10.1. The number of benzene rings is 2. The minimum Gasteiger partial charge on any atom is -0.411 e. The van der Waals surface area contributed by atoms with Crippen molar-refractivity contribution in [2.45, 2.75) is 17.9 Å². The van der Waals surface area contributed by atoms with Crippen LogP contribution in [0, 0.1) is 6.92 Å².